The average molecular weight is 357 g/mol. The van der Waals surface area contributed by atoms with Crippen LogP contribution in [0.1, 0.15) is 48.9 Å². The van der Waals surface area contributed by atoms with Gasteiger partial charge in [0.2, 0.25) is 11.8 Å². The summed E-state index contributed by atoms with van der Waals surface area (Å²) < 4.78 is 5.19. The highest BCUT2D eigenvalue weighted by atomic mass is 16.5. The third-order valence-corrected chi connectivity index (χ3v) is 4.63. The maximum absolute atomic E-state index is 12.4. The van der Waals surface area contributed by atoms with Gasteiger partial charge in [0, 0.05) is 32.2 Å². The number of nitrogens with zero attached hydrogens (tertiary/aromatic N) is 3. The van der Waals surface area contributed by atoms with Crippen molar-refractivity contribution in [3.8, 4) is 0 Å². The Balaban J connectivity index is 1.50. The largest absolute Gasteiger partial charge is 0.480 e. The van der Waals surface area contributed by atoms with Gasteiger partial charge in [0.15, 0.2) is 5.82 Å². The van der Waals surface area contributed by atoms with Gasteiger partial charge < -0.3 is 14.5 Å². The zero-order chi connectivity index (χ0) is 18.5. The molecule has 7 nitrogen and oxygen atoms in total. The number of likely N-dealkylation sites (N-methyl/N-ethyl adjacent to an activating group) is 1. The van der Waals surface area contributed by atoms with Crippen LogP contribution < -0.4 is 0 Å². The van der Waals surface area contributed by atoms with Crippen LogP contribution in [0.4, 0.5) is 0 Å². The van der Waals surface area contributed by atoms with E-state index in [1.54, 1.807) is 7.05 Å². The fourth-order valence-corrected chi connectivity index (χ4v) is 2.85. The van der Waals surface area contributed by atoms with E-state index < -0.39 is 12.0 Å². The molecular weight excluding hydrogens is 334 g/mol. The Morgan fingerprint density at radius 1 is 1.31 bits per heavy atom. The van der Waals surface area contributed by atoms with Crippen LogP contribution in [0.15, 0.2) is 34.9 Å². The fraction of sp³-hybridized carbons (Fsp3) is 0.474. The topological polar surface area (TPSA) is 96.5 Å². The molecule has 1 saturated carbocycles. The Hall–Kier alpha value is -2.70. The number of benzene rings is 1. The summed E-state index contributed by atoms with van der Waals surface area (Å²) in [6.07, 6.45) is 3.83. The molecule has 0 bridgehead atoms. The highest BCUT2D eigenvalue weighted by Crippen LogP contribution is 2.38. The number of hydrogen-bond acceptors (Lipinski definition) is 5. The first-order chi connectivity index (χ1) is 12.5. The molecule has 0 spiro atoms. The number of aliphatic carboxylic acids is 1. The predicted octanol–water partition coefficient (Wildman–Crippen LogP) is 2.42. The van der Waals surface area contributed by atoms with Crippen molar-refractivity contribution in [2.45, 2.75) is 50.5 Å². The molecule has 1 fully saturated rings. The van der Waals surface area contributed by atoms with Crippen molar-refractivity contribution in [1.29, 1.82) is 0 Å². The maximum atomic E-state index is 12.4. The van der Waals surface area contributed by atoms with Crippen LogP contribution >= 0.6 is 0 Å². The molecule has 0 saturated heterocycles. The molecule has 1 N–H and O–H groups in total. The summed E-state index contributed by atoms with van der Waals surface area (Å²) in [5.41, 5.74) is 0.887. The van der Waals surface area contributed by atoms with E-state index in [1.807, 2.05) is 30.3 Å². The molecular formula is C19H23N3O4. The Bertz CT molecular complexity index is 755. The molecule has 138 valence electrons. The van der Waals surface area contributed by atoms with Crippen LogP contribution in [-0.2, 0) is 22.4 Å². The summed E-state index contributed by atoms with van der Waals surface area (Å²) in [6, 6.07) is 8.44. The molecule has 1 unspecified atom stereocenters. The van der Waals surface area contributed by atoms with Gasteiger partial charge in [-0.1, -0.05) is 35.5 Å². The molecule has 1 aliphatic rings. The minimum atomic E-state index is -1.00. The van der Waals surface area contributed by atoms with Gasteiger partial charge >= 0.3 is 5.97 Å². The molecule has 1 aromatic carbocycles. The summed E-state index contributed by atoms with van der Waals surface area (Å²) in [5, 5.41) is 13.4. The van der Waals surface area contributed by atoms with Crippen molar-refractivity contribution in [2.75, 3.05) is 7.05 Å². The summed E-state index contributed by atoms with van der Waals surface area (Å²) in [4.78, 5) is 29.6. The maximum Gasteiger partial charge on any atom is 0.326 e. The molecule has 3 rings (SSSR count). The quantitative estimate of drug-likeness (QED) is 0.740. The zero-order valence-corrected chi connectivity index (χ0v) is 14.8. The van der Waals surface area contributed by atoms with Gasteiger partial charge in [0.05, 0.1) is 0 Å². The van der Waals surface area contributed by atoms with E-state index in [9.17, 15) is 14.7 Å². The molecule has 1 atom stereocenters. The molecule has 26 heavy (non-hydrogen) atoms. The average Bonchev–Trinajstić information content (AvgIpc) is 3.38. The standard InChI is InChI=1S/C19H23N3O4/c1-22(15(19(24)25)12-13-6-3-2-4-7-13)17(23)9-5-8-16-20-18(21-26-16)14-10-11-14/h2-4,6-7,14-15H,5,8-12H2,1H3,(H,24,25). The fourth-order valence-electron chi connectivity index (χ4n) is 2.85. The molecule has 1 aliphatic carbocycles. The third kappa shape index (κ3) is 4.68. The van der Waals surface area contributed by atoms with Crippen molar-refractivity contribution >= 4 is 11.9 Å². The van der Waals surface area contributed by atoms with Crippen LogP contribution in [0, 0.1) is 0 Å². The number of hydrogen-bond donors (Lipinski definition) is 1. The van der Waals surface area contributed by atoms with E-state index in [2.05, 4.69) is 10.1 Å². The molecule has 1 aromatic heterocycles. The number of carboxylic acids is 1. The van der Waals surface area contributed by atoms with Crippen LogP contribution in [0.3, 0.4) is 0 Å². The summed E-state index contributed by atoms with van der Waals surface area (Å²) in [7, 11) is 1.54. The van der Waals surface area contributed by atoms with Gasteiger partial charge in [-0.3, -0.25) is 4.79 Å². The molecule has 0 aliphatic heterocycles. The molecule has 7 heteroatoms. The summed E-state index contributed by atoms with van der Waals surface area (Å²) in [6.45, 7) is 0. The van der Waals surface area contributed by atoms with Gasteiger partial charge in [-0.25, -0.2) is 4.79 Å². The smallest absolute Gasteiger partial charge is 0.326 e. The summed E-state index contributed by atoms with van der Waals surface area (Å²) in [5.74, 6) is 0.541. The Kier molecular flexibility index (Phi) is 5.65. The van der Waals surface area contributed by atoms with E-state index in [4.69, 9.17) is 4.52 Å². The van der Waals surface area contributed by atoms with Crippen molar-refractivity contribution in [3.05, 3.63) is 47.6 Å². The van der Waals surface area contributed by atoms with Gasteiger partial charge in [-0.05, 0) is 24.8 Å². The Morgan fingerprint density at radius 3 is 2.69 bits per heavy atom. The SMILES string of the molecule is CN(C(=O)CCCc1nc(C2CC2)no1)C(Cc1ccccc1)C(=O)O. The van der Waals surface area contributed by atoms with Crippen LogP contribution in [0.5, 0.6) is 0 Å². The van der Waals surface area contributed by atoms with E-state index >= 15 is 0 Å². The molecule has 0 radical (unpaired) electrons. The predicted molar refractivity (Wildman–Crippen MR) is 93.6 cm³/mol. The number of aryl methyl sites for hydroxylation is 1. The molecule has 1 heterocycles. The second-order valence-corrected chi connectivity index (χ2v) is 6.72. The number of carboxylic acid groups (broad SMARTS) is 1. The number of carbonyl (C=O) groups is 2. The lowest BCUT2D eigenvalue weighted by molar-refractivity contribution is -0.149. The van der Waals surface area contributed by atoms with Crippen LogP contribution in [0.2, 0.25) is 0 Å². The Morgan fingerprint density at radius 2 is 2.04 bits per heavy atom. The molecule has 1 amide bonds. The van der Waals surface area contributed by atoms with Crippen molar-refractivity contribution in [2.24, 2.45) is 0 Å². The monoisotopic (exact) mass is 357 g/mol. The highest BCUT2D eigenvalue weighted by molar-refractivity contribution is 5.83. The second kappa shape index (κ2) is 8.12. The second-order valence-electron chi connectivity index (χ2n) is 6.72. The minimum Gasteiger partial charge on any atom is -0.480 e. The van der Waals surface area contributed by atoms with Crippen molar-refractivity contribution in [1.82, 2.24) is 15.0 Å². The van der Waals surface area contributed by atoms with Gasteiger partial charge in [-0.15, -0.1) is 0 Å². The van der Waals surface area contributed by atoms with Gasteiger partial charge in [0.25, 0.3) is 0 Å². The first-order valence-electron chi connectivity index (χ1n) is 8.89. The first-order valence-corrected chi connectivity index (χ1v) is 8.89. The van der Waals surface area contributed by atoms with Gasteiger partial charge in [-0.2, -0.15) is 4.98 Å². The van der Waals surface area contributed by atoms with E-state index in [0.29, 0.717) is 24.7 Å². The van der Waals surface area contributed by atoms with E-state index in [0.717, 1.165) is 24.2 Å². The van der Waals surface area contributed by atoms with Crippen molar-refractivity contribution < 1.29 is 19.2 Å². The molecule has 2 aromatic rings. The van der Waals surface area contributed by atoms with Crippen LogP contribution in [-0.4, -0.2) is 45.1 Å². The van der Waals surface area contributed by atoms with E-state index in [1.165, 1.54) is 4.90 Å². The first kappa shape index (κ1) is 18.1. The Labute approximate surface area is 152 Å². The third-order valence-electron chi connectivity index (χ3n) is 4.63. The normalized spacial score (nSPS) is 14.8. The number of amides is 1. The minimum absolute atomic E-state index is 0.199. The zero-order valence-electron chi connectivity index (χ0n) is 14.8. The number of rotatable bonds is 9. The van der Waals surface area contributed by atoms with Crippen molar-refractivity contribution in [3.63, 3.8) is 0 Å². The lowest BCUT2D eigenvalue weighted by Gasteiger charge is -2.25. The number of aromatic nitrogens is 2. The lowest BCUT2D eigenvalue weighted by atomic mass is 10.0. The van der Waals surface area contributed by atoms with Crippen LogP contribution in [0.25, 0.3) is 0 Å². The number of carbonyl (C=O) groups excluding carboxylic acids is 1. The highest BCUT2D eigenvalue weighted by Gasteiger charge is 2.29. The lowest BCUT2D eigenvalue weighted by Crippen LogP contribution is -2.43. The van der Waals surface area contributed by atoms with E-state index in [-0.39, 0.29) is 18.7 Å². The van der Waals surface area contributed by atoms with Gasteiger partial charge in [0.1, 0.15) is 6.04 Å². The summed E-state index contributed by atoms with van der Waals surface area (Å²) >= 11 is 0.